The number of aryl methyl sites for hydroxylation is 2. The minimum atomic E-state index is -0.169. The highest BCUT2D eigenvalue weighted by Crippen LogP contribution is 2.33. The van der Waals surface area contributed by atoms with Crippen LogP contribution in [0.25, 0.3) is 6.08 Å². The average Bonchev–Trinajstić information content (AvgIpc) is 2.89. The molecule has 0 aliphatic carbocycles. The molecule has 0 radical (unpaired) electrons. The van der Waals surface area contributed by atoms with Crippen molar-refractivity contribution >= 4 is 95.7 Å². The summed E-state index contributed by atoms with van der Waals surface area (Å²) in [4.78, 5) is 17.4. The molecule has 0 unspecified atom stereocenters. The number of carbonyl (C=O) groups is 1. The van der Waals surface area contributed by atoms with E-state index in [0.29, 0.717) is 10.1 Å². The molecule has 2 aromatic rings. The SMILES string of the molecule is Cc1cc(N=C2NC(=O)/C(=C/c3cc(I)c(O)c(I)c3)S2)cc(C)c1Br. The third kappa shape index (κ3) is 4.45. The van der Waals surface area contributed by atoms with Gasteiger partial charge in [-0.15, -0.1) is 0 Å². The van der Waals surface area contributed by atoms with Crippen LogP contribution < -0.4 is 5.32 Å². The number of halogens is 3. The van der Waals surface area contributed by atoms with Gasteiger partial charge in [-0.2, -0.15) is 0 Å². The molecule has 2 aromatic carbocycles. The van der Waals surface area contributed by atoms with Gasteiger partial charge in [0.15, 0.2) is 5.17 Å². The van der Waals surface area contributed by atoms with Gasteiger partial charge >= 0.3 is 0 Å². The summed E-state index contributed by atoms with van der Waals surface area (Å²) in [6.45, 7) is 4.03. The topological polar surface area (TPSA) is 61.7 Å². The molecule has 1 amide bonds. The number of phenolic OH excluding ortho intramolecular Hbond substituents is 1. The minimum Gasteiger partial charge on any atom is -0.506 e. The van der Waals surface area contributed by atoms with Gasteiger partial charge in [-0.25, -0.2) is 4.99 Å². The number of hydrogen-bond acceptors (Lipinski definition) is 4. The second kappa shape index (κ2) is 8.19. The molecule has 2 N–H and O–H groups in total. The summed E-state index contributed by atoms with van der Waals surface area (Å²) in [7, 11) is 0. The first-order valence-corrected chi connectivity index (χ1v) is 11.3. The molecule has 1 fully saturated rings. The molecule has 0 atom stereocenters. The number of rotatable bonds is 2. The number of nitrogens with one attached hydrogen (secondary N) is 1. The van der Waals surface area contributed by atoms with Crippen LogP contribution in [0.1, 0.15) is 16.7 Å². The summed E-state index contributed by atoms with van der Waals surface area (Å²) in [6, 6.07) is 7.64. The van der Waals surface area contributed by atoms with Crippen molar-refractivity contribution in [2.45, 2.75) is 13.8 Å². The van der Waals surface area contributed by atoms with Crippen LogP contribution in [0.5, 0.6) is 5.75 Å². The van der Waals surface area contributed by atoms with E-state index in [1.165, 1.54) is 11.8 Å². The first-order chi connectivity index (χ1) is 12.2. The van der Waals surface area contributed by atoms with Crippen LogP contribution in [-0.2, 0) is 4.79 Å². The third-order valence-corrected chi connectivity index (χ3v) is 7.45. The molecule has 0 spiro atoms. The Hall–Kier alpha value is -0.590. The van der Waals surface area contributed by atoms with Gasteiger partial charge in [0.05, 0.1) is 17.7 Å². The molecule has 134 valence electrons. The lowest BCUT2D eigenvalue weighted by Crippen LogP contribution is -2.19. The maximum atomic E-state index is 12.3. The fraction of sp³-hybridized carbons (Fsp3) is 0.111. The van der Waals surface area contributed by atoms with E-state index in [-0.39, 0.29) is 11.7 Å². The minimum absolute atomic E-state index is 0.169. The molecular formula is C18H13BrI2N2O2S. The highest BCUT2D eigenvalue weighted by atomic mass is 127. The Morgan fingerprint density at radius 3 is 2.31 bits per heavy atom. The van der Waals surface area contributed by atoms with Crippen LogP contribution in [0.2, 0.25) is 0 Å². The summed E-state index contributed by atoms with van der Waals surface area (Å²) in [6.07, 6.45) is 1.81. The number of benzene rings is 2. The van der Waals surface area contributed by atoms with E-state index < -0.39 is 0 Å². The van der Waals surface area contributed by atoms with Gasteiger partial charge in [0.2, 0.25) is 0 Å². The fourth-order valence-electron chi connectivity index (χ4n) is 2.41. The highest BCUT2D eigenvalue weighted by molar-refractivity contribution is 14.1. The quantitative estimate of drug-likeness (QED) is 0.315. The van der Waals surface area contributed by atoms with Gasteiger partial charge in [-0.3, -0.25) is 4.79 Å². The molecule has 0 bridgehead atoms. The van der Waals surface area contributed by atoms with Crippen molar-refractivity contribution in [1.82, 2.24) is 5.32 Å². The molecule has 0 aromatic heterocycles. The molecule has 1 saturated heterocycles. The zero-order valence-electron chi connectivity index (χ0n) is 13.7. The van der Waals surface area contributed by atoms with Crippen molar-refractivity contribution in [2.24, 2.45) is 4.99 Å². The number of carbonyl (C=O) groups excluding carboxylic acids is 1. The number of amidine groups is 1. The Morgan fingerprint density at radius 2 is 1.73 bits per heavy atom. The van der Waals surface area contributed by atoms with Gasteiger partial charge in [0.1, 0.15) is 5.75 Å². The van der Waals surface area contributed by atoms with Crippen LogP contribution in [0.4, 0.5) is 5.69 Å². The predicted molar refractivity (Wildman–Crippen MR) is 128 cm³/mol. The zero-order valence-corrected chi connectivity index (χ0v) is 20.4. The van der Waals surface area contributed by atoms with Gasteiger partial charge in [0, 0.05) is 4.47 Å². The van der Waals surface area contributed by atoms with E-state index in [1.54, 1.807) is 0 Å². The molecule has 8 heteroatoms. The second-order valence-electron chi connectivity index (χ2n) is 5.71. The molecular weight excluding hydrogens is 642 g/mol. The summed E-state index contributed by atoms with van der Waals surface area (Å²) in [5.74, 6) is 0.0949. The van der Waals surface area contributed by atoms with E-state index in [1.807, 2.05) is 44.2 Å². The number of thioether (sulfide) groups is 1. The van der Waals surface area contributed by atoms with E-state index >= 15 is 0 Å². The maximum absolute atomic E-state index is 12.3. The predicted octanol–water partition coefficient (Wildman–Crippen LogP) is 5.87. The normalized spacial score (nSPS) is 17.2. The number of nitrogens with zero attached hydrogens (tertiary/aromatic N) is 1. The molecule has 26 heavy (non-hydrogen) atoms. The Kier molecular flexibility index (Phi) is 6.35. The number of hydrogen-bond donors (Lipinski definition) is 2. The Morgan fingerprint density at radius 1 is 1.15 bits per heavy atom. The maximum Gasteiger partial charge on any atom is 0.264 e. The molecule has 1 aliphatic heterocycles. The van der Waals surface area contributed by atoms with Gasteiger partial charge in [-0.1, -0.05) is 15.9 Å². The molecule has 1 aliphatic rings. The van der Waals surface area contributed by atoms with Gasteiger partial charge in [-0.05, 0) is 118 Å². The van der Waals surface area contributed by atoms with Crippen LogP contribution in [0.15, 0.2) is 38.6 Å². The lowest BCUT2D eigenvalue weighted by molar-refractivity contribution is -0.115. The Balaban J connectivity index is 1.89. The zero-order chi connectivity index (χ0) is 19.0. The first-order valence-electron chi connectivity index (χ1n) is 7.49. The van der Waals surface area contributed by atoms with Crippen molar-refractivity contribution in [3.63, 3.8) is 0 Å². The van der Waals surface area contributed by atoms with Crippen molar-refractivity contribution in [2.75, 3.05) is 0 Å². The summed E-state index contributed by atoms with van der Waals surface area (Å²) < 4.78 is 2.57. The molecule has 3 rings (SSSR count). The van der Waals surface area contributed by atoms with Crippen molar-refractivity contribution < 1.29 is 9.90 Å². The summed E-state index contributed by atoms with van der Waals surface area (Å²) in [5.41, 5.74) is 3.87. The van der Waals surface area contributed by atoms with Crippen LogP contribution in [0.3, 0.4) is 0 Å². The van der Waals surface area contributed by atoms with E-state index in [4.69, 9.17) is 0 Å². The van der Waals surface area contributed by atoms with E-state index in [0.717, 1.165) is 34.0 Å². The number of phenols is 1. The van der Waals surface area contributed by atoms with Crippen LogP contribution in [0, 0.1) is 21.0 Å². The Labute approximate surface area is 191 Å². The van der Waals surface area contributed by atoms with Crippen molar-refractivity contribution in [3.8, 4) is 5.75 Å². The molecule has 0 saturated carbocycles. The standard InChI is InChI=1S/C18H13BrI2N2O2S/c1-8-3-11(4-9(2)15(8)19)22-18-23-17(25)14(26-18)7-10-5-12(20)16(24)13(21)6-10/h3-7,24H,1-2H3,(H,22,23,25)/b14-7-. The Bertz CT molecular complexity index is 943. The fourth-order valence-corrected chi connectivity index (χ4v) is 5.29. The lowest BCUT2D eigenvalue weighted by atomic mass is 10.1. The van der Waals surface area contributed by atoms with Gasteiger partial charge < -0.3 is 10.4 Å². The number of aromatic hydroxyl groups is 1. The number of aliphatic imine (C=N–C) groups is 1. The smallest absolute Gasteiger partial charge is 0.264 e. The second-order valence-corrected chi connectivity index (χ2v) is 9.86. The van der Waals surface area contributed by atoms with Crippen molar-refractivity contribution in [3.05, 3.63) is 57.5 Å². The van der Waals surface area contributed by atoms with Gasteiger partial charge in [0.25, 0.3) is 5.91 Å². The van der Waals surface area contributed by atoms with Crippen molar-refractivity contribution in [1.29, 1.82) is 0 Å². The van der Waals surface area contributed by atoms with Crippen LogP contribution in [-0.4, -0.2) is 16.2 Å². The van der Waals surface area contributed by atoms with E-state index in [2.05, 4.69) is 71.4 Å². The third-order valence-electron chi connectivity index (χ3n) is 3.64. The summed E-state index contributed by atoms with van der Waals surface area (Å²) in [5, 5.41) is 13.2. The number of amides is 1. The summed E-state index contributed by atoms with van der Waals surface area (Å²) >= 11 is 9.01. The molecule has 1 heterocycles. The van der Waals surface area contributed by atoms with E-state index in [9.17, 15) is 9.90 Å². The lowest BCUT2D eigenvalue weighted by Gasteiger charge is -2.05. The monoisotopic (exact) mass is 654 g/mol. The van der Waals surface area contributed by atoms with Crippen LogP contribution >= 0.6 is 72.9 Å². The highest BCUT2D eigenvalue weighted by Gasteiger charge is 2.24. The largest absolute Gasteiger partial charge is 0.506 e. The average molecular weight is 655 g/mol. The first kappa shape index (κ1) is 20.2. The molecule has 4 nitrogen and oxygen atoms in total.